The molecule has 120 valence electrons. The molecular formula is C17H18N2O4. The van der Waals surface area contributed by atoms with Gasteiger partial charge in [0, 0.05) is 42.0 Å². The number of pyridine rings is 1. The summed E-state index contributed by atoms with van der Waals surface area (Å²) in [6.45, 7) is 0. The van der Waals surface area contributed by atoms with Gasteiger partial charge >= 0.3 is 0 Å². The lowest BCUT2D eigenvalue weighted by Gasteiger charge is -2.14. The number of hydrogen-bond donors (Lipinski definition) is 1. The number of aromatic nitrogens is 1. The SMILES string of the molecule is COc1cc(N/C=C(/C=O)c2ccncc2)cc(OC)c1OC. The van der Waals surface area contributed by atoms with Gasteiger partial charge in [-0.15, -0.1) is 0 Å². The van der Waals surface area contributed by atoms with Crippen molar-refractivity contribution in [2.24, 2.45) is 0 Å². The average Bonchev–Trinajstić information content (AvgIpc) is 2.62. The van der Waals surface area contributed by atoms with Crippen molar-refractivity contribution in [1.82, 2.24) is 4.98 Å². The molecular weight excluding hydrogens is 296 g/mol. The van der Waals surface area contributed by atoms with E-state index < -0.39 is 0 Å². The van der Waals surface area contributed by atoms with E-state index in [9.17, 15) is 4.79 Å². The van der Waals surface area contributed by atoms with Crippen LogP contribution in [-0.4, -0.2) is 32.6 Å². The van der Waals surface area contributed by atoms with Crippen LogP contribution in [0.3, 0.4) is 0 Å². The van der Waals surface area contributed by atoms with E-state index in [1.165, 1.54) is 0 Å². The van der Waals surface area contributed by atoms with Crippen LogP contribution in [0.2, 0.25) is 0 Å². The summed E-state index contributed by atoms with van der Waals surface area (Å²) in [4.78, 5) is 15.2. The lowest BCUT2D eigenvalue weighted by molar-refractivity contribution is -0.103. The summed E-state index contributed by atoms with van der Waals surface area (Å²) < 4.78 is 15.9. The minimum atomic E-state index is 0.501. The molecule has 23 heavy (non-hydrogen) atoms. The Hall–Kier alpha value is -3.02. The van der Waals surface area contributed by atoms with Crippen LogP contribution in [0.5, 0.6) is 17.2 Å². The number of hydrogen-bond acceptors (Lipinski definition) is 6. The third-order valence-electron chi connectivity index (χ3n) is 3.20. The molecule has 1 N–H and O–H groups in total. The Labute approximate surface area is 134 Å². The lowest BCUT2D eigenvalue weighted by Crippen LogP contribution is -1.98. The highest BCUT2D eigenvalue weighted by molar-refractivity contribution is 6.07. The van der Waals surface area contributed by atoms with Crippen molar-refractivity contribution < 1.29 is 19.0 Å². The number of nitrogens with one attached hydrogen (secondary N) is 1. The zero-order chi connectivity index (χ0) is 16.7. The van der Waals surface area contributed by atoms with Gasteiger partial charge in [-0.1, -0.05) is 0 Å². The second-order valence-corrected chi connectivity index (χ2v) is 4.51. The van der Waals surface area contributed by atoms with Gasteiger partial charge in [0.05, 0.1) is 21.3 Å². The van der Waals surface area contributed by atoms with Gasteiger partial charge in [-0.05, 0) is 17.7 Å². The van der Waals surface area contributed by atoms with Crippen molar-refractivity contribution in [1.29, 1.82) is 0 Å². The number of aldehydes is 1. The fraction of sp³-hybridized carbons (Fsp3) is 0.176. The van der Waals surface area contributed by atoms with E-state index in [0.29, 0.717) is 28.5 Å². The predicted octanol–water partition coefficient (Wildman–Crippen LogP) is 2.76. The molecule has 0 saturated heterocycles. The van der Waals surface area contributed by atoms with Crippen molar-refractivity contribution in [2.75, 3.05) is 26.6 Å². The lowest BCUT2D eigenvalue weighted by atomic mass is 10.1. The van der Waals surface area contributed by atoms with Gasteiger partial charge < -0.3 is 19.5 Å². The number of anilines is 1. The maximum absolute atomic E-state index is 11.3. The molecule has 0 amide bonds. The molecule has 6 heteroatoms. The smallest absolute Gasteiger partial charge is 0.203 e. The molecule has 0 bridgehead atoms. The Morgan fingerprint density at radius 3 is 2.13 bits per heavy atom. The van der Waals surface area contributed by atoms with Crippen LogP contribution in [0.15, 0.2) is 42.9 Å². The van der Waals surface area contributed by atoms with Gasteiger partial charge in [0.25, 0.3) is 0 Å². The summed E-state index contributed by atoms with van der Waals surface area (Å²) in [5.41, 5.74) is 1.98. The van der Waals surface area contributed by atoms with Crippen molar-refractivity contribution in [2.45, 2.75) is 0 Å². The Morgan fingerprint density at radius 2 is 1.65 bits per heavy atom. The normalized spacial score (nSPS) is 10.8. The molecule has 0 aliphatic heterocycles. The Morgan fingerprint density at radius 1 is 1.04 bits per heavy atom. The fourth-order valence-corrected chi connectivity index (χ4v) is 2.06. The van der Waals surface area contributed by atoms with Gasteiger partial charge in [0.1, 0.15) is 0 Å². The van der Waals surface area contributed by atoms with Crippen molar-refractivity contribution >= 4 is 17.5 Å². The molecule has 0 unspecified atom stereocenters. The summed E-state index contributed by atoms with van der Waals surface area (Å²) in [5, 5.41) is 3.07. The number of carbonyl (C=O) groups excluding carboxylic acids is 1. The van der Waals surface area contributed by atoms with E-state index in [0.717, 1.165) is 11.8 Å². The molecule has 0 spiro atoms. The molecule has 2 aromatic rings. The minimum absolute atomic E-state index is 0.501. The zero-order valence-corrected chi connectivity index (χ0v) is 13.2. The zero-order valence-electron chi connectivity index (χ0n) is 13.2. The number of carbonyl (C=O) groups is 1. The largest absolute Gasteiger partial charge is 0.493 e. The molecule has 1 aromatic carbocycles. The van der Waals surface area contributed by atoms with Gasteiger partial charge in [0.15, 0.2) is 17.8 Å². The van der Waals surface area contributed by atoms with Crippen LogP contribution in [0.1, 0.15) is 5.56 Å². The molecule has 0 saturated carbocycles. The Balaban J connectivity index is 2.32. The minimum Gasteiger partial charge on any atom is -0.493 e. The molecule has 2 rings (SSSR count). The number of nitrogens with zero attached hydrogens (tertiary/aromatic N) is 1. The third kappa shape index (κ3) is 3.79. The molecule has 1 heterocycles. The van der Waals surface area contributed by atoms with Crippen molar-refractivity contribution in [3.8, 4) is 17.2 Å². The second-order valence-electron chi connectivity index (χ2n) is 4.51. The highest BCUT2D eigenvalue weighted by atomic mass is 16.5. The van der Waals surface area contributed by atoms with E-state index in [4.69, 9.17) is 14.2 Å². The molecule has 6 nitrogen and oxygen atoms in total. The second kappa shape index (κ2) is 7.84. The molecule has 0 radical (unpaired) electrons. The van der Waals surface area contributed by atoms with Crippen LogP contribution >= 0.6 is 0 Å². The highest BCUT2D eigenvalue weighted by Crippen LogP contribution is 2.39. The summed E-state index contributed by atoms with van der Waals surface area (Å²) in [7, 11) is 4.64. The first kappa shape index (κ1) is 16.4. The molecule has 0 atom stereocenters. The van der Waals surface area contributed by atoms with Gasteiger partial charge in [0.2, 0.25) is 5.75 Å². The topological polar surface area (TPSA) is 69.7 Å². The van der Waals surface area contributed by atoms with E-state index in [1.54, 1.807) is 64.2 Å². The van der Waals surface area contributed by atoms with Crippen LogP contribution in [0, 0.1) is 0 Å². The first-order chi connectivity index (χ1) is 11.2. The standard InChI is InChI=1S/C17H18N2O4/c1-21-15-8-14(9-16(22-2)17(15)23-3)19-10-13(11-20)12-4-6-18-7-5-12/h4-11,19H,1-3H3/b13-10-. The number of rotatable bonds is 7. The van der Waals surface area contributed by atoms with Crippen LogP contribution in [0.25, 0.3) is 5.57 Å². The predicted molar refractivity (Wildman–Crippen MR) is 88.0 cm³/mol. The van der Waals surface area contributed by atoms with E-state index in [1.807, 2.05) is 0 Å². The summed E-state index contributed by atoms with van der Waals surface area (Å²) >= 11 is 0. The average molecular weight is 314 g/mol. The van der Waals surface area contributed by atoms with Gasteiger partial charge in [-0.25, -0.2) is 0 Å². The molecule has 0 aliphatic carbocycles. The van der Waals surface area contributed by atoms with Crippen LogP contribution in [-0.2, 0) is 4.79 Å². The molecule has 0 fully saturated rings. The van der Waals surface area contributed by atoms with Crippen molar-refractivity contribution in [3.05, 3.63) is 48.4 Å². The Kier molecular flexibility index (Phi) is 5.57. The number of allylic oxidation sites excluding steroid dienone is 1. The van der Waals surface area contributed by atoms with Crippen molar-refractivity contribution in [3.63, 3.8) is 0 Å². The number of methoxy groups -OCH3 is 3. The fourth-order valence-electron chi connectivity index (χ4n) is 2.06. The van der Waals surface area contributed by atoms with Gasteiger partial charge in [-0.2, -0.15) is 0 Å². The molecule has 1 aromatic heterocycles. The first-order valence-electron chi connectivity index (χ1n) is 6.85. The summed E-state index contributed by atoms with van der Waals surface area (Å²) in [5.74, 6) is 1.56. The van der Waals surface area contributed by atoms with E-state index in [2.05, 4.69) is 10.3 Å². The number of ether oxygens (including phenoxy) is 3. The monoisotopic (exact) mass is 314 g/mol. The van der Waals surface area contributed by atoms with E-state index in [-0.39, 0.29) is 0 Å². The summed E-state index contributed by atoms with van der Waals surface area (Å²) in [6.07, 6.45) is 5.65. The highest BCUT2D eigenvalue weighted by Gasteiger charge is 2.12. The number of benzene rings is 1. The van der Waals surface area contributed by atoms with E-state index >= 15 is 0 Å². The maximum atomic E-state index is 11.3. The van der Waals surface area contributed by atoms with Crippen LogP contribution < -0.4 is 19.5 Å². The Bertz CT molecular complexity index is 674. The molecule has 0 aliphatic rings. The third-order valence-corrected chi connectivity index (χ3v) is 3.20. The summed E-state index contributed by atoms with van der Waals surface area (Å²) in [6, 6.07) is 7.04. The maximum Gasteiger partial charge on any atom is 0.203 e. The van der Waals surface area contributed by atoms with Crippen LogP contribution in [0.4, 0.5) is 5.69 Å². The van der Waals surface area contributed by atoms with Gasteiger partial charge in [-0.3, -0.25) is 9.78 Å². The first-order valence-corrected chi connectivity index (χ1v) is 6.85. The quantitative estimate of drug-likeness (QED) is 0.626.